The van der Waals surface area contributed by atoms with E-state index in [-0.39, 0.29) is 0 Å². The molecule has 2 aliphatic rings. The molecule has 1 N–H and O–H groups in total. The van der Waals surface area contributed by atoms with Crippen LogP contribution in [0.3, 0.4) is 0 Å². The summed E-state index contributed by atoms with van der Waals surface area (Å²) in [5.74, 6) is 0.968. The number of fused-ring (bicyclic) bond motifs is 2. The first-order chi connectivity index (χ1) is 11.9. The van der Waals surface area contributed by atoms with E-state index in [2.05, 4.69) is 58.8 Å². The number of nitrogens with one attached hydrogen (secondary N) is 1. The minimum Gasteiger partial charge on any atom is -0.462 e. The van der Waals surface area contributed by atoms with Crippen molar-refractivity contribution in [3.63, 3.8) is 0 Å². The molecule has 3 heteroatoms. The van der Waals surface area contributed by atoms with Gasteiger partial charge in [0.2, 0.25) is 0 Å². The topological polar surface area (TPSA) is 24.5 Å². The van der Waals surface area contributed by atoms with Gasteiger partial charge in [0.25, 0.3) is 0 Å². The average molecular weight is 318 g/mol. The maximum absolute atomic E-state index is 5.90. The summed E-state index contributed by atoms with van der Waals surface area (Å²) in [6.45, 7) is 3.73. The lowest BCUT2D eigenvalue weighted by atomic mass is 10.1. The van der Waals surface area contributed by atoms with Crippen LogP contribution in [0.5, 0.6) is 5.75 Å². The van der Waals surface area contributed by atoms with Gasteiger partial charge < -0.3 is 15.0 Å². The van der Waals surface area contributed by atoms with E-state index in [1.807, 2.05) is 18.4 Å². The largest absolute Gasteiger partial charge is 0.462 e. The van der Waals surface area contributed by atoms with E-state index >= 15 is 0 Å². The maximum atomic E-state index is 5.90. The van der Waals surface area contributed by atoms with Gasteiger partial charge in [-0.05, 0) is 30.2 Å². The Balaban J connectivity index is 1.34. The van der Waals surface area contributed by atoms with Crippen molar-refractivity contribution in [3.05, 3.63) is 89.3 Å². The first-order valence-electron chi connectivity index (χ1n) is 8.54. The molecule has 0 bridgehead atoms. The molecular weight excluding hydrogens is 296 g/mol. The second-order valence-electron chi connectivity index (χ2n) is 6.25. The molecule has 3 nitrogen and oxygen atoms in total. The van der Waals surface area contributed by atoms with E-state index in [1.54, 1.807) is 0 Å². The molecule has 0 atom stereocenters. The van der Waals surface area contributed by atoms with Gasteiger partial charge in [0.15, 0.2) is 0 Å². The monoisotopic (exact) mass is 318 g/mol. The maximum Gasteiger partial charge on any atom is 0.131 e. The summed E-state index contributed by atoms with van der Waals surface area (Å²) in [4.78, 5) is 2.38. The Morgan fingerprint density at radius 2 is 1.83 bits per heavy atom. The van der Waals surface area contributed by atoms with E-state index in [9.17, 15) is 0 Å². The predicted molar refractivity (Wildman–Crippen MR) is 96.7 cm³/mol. The Morgan fingerprint density at radius 3 is 2.75 bits per heavy atom. The Hall–Kier alpha value is -2.52. The SMILES string of the molecule is C1=C(CNCCc2ccccc2)C2=COc3ccccc3CN2C1. The highest BCUT2D eigenvalue weighted by Crippen LogP contribution is 2.31. The van der Waals surface area contributed by atoms with Crippen molar-refractivity contribution in [2.24, 2.45) is 0 Å². The van der Waals surface area contributed by atoms with E-state index in [0.29, 0.717) is 0 Å². The lowest BCUT2D eigenvalue weighted by molar-refractivity contribution is 0.395. The quantitative estimate of drug-likeness (QED) is 0.854. The van der Waals surface area contributed by atoms with Crippen LogP contribution in [-0.2, 0) is 13.0 Å². The van der Waals surface area contributed by atoms with Crippen LogP contribution in [0.2, 0.25) is 0 Å². The smallest absolute Gasteiger partial charge is 0.131 e. The van der Waals surface area contributed by atoms with Crippen LogP contribution in [0, 0.1) is 0 Å². The molecule has 2 aromatic rings. The number of ether oxygens (including phenoxy) is 1. The normalized spacial score (nSPS) is 15.8. The summed E-state index contributed by atoms with van der Waals surface area (Å²) < 4.78 is 5.90. The van der Waals surface area contributed by atoms with Gasteiger partial charge in [-0.25, -0.2) is 0 Å². The van der Waals surface area contributed by atoms with Crippen LogP contribution < -0.4 is 10.1 Å². The molecule has 0 amide bonds. The van der Waals surface area contributed by atoms with E-state index in [1.165, 1.54) is 22.4 Å². The third-order valence-corrected chi connectivity index (χ3v) is 4.61. The Kier molecular flexibility index (Phi) is 4.34. The van der Waals surface area contributed by atoms with Crippen molar-refractivity contribution in [1.82, 2.24) is 10.2 Å². The third-order valence-electron chi connectivity index (χ3n) is 4.61. The van der Waals surface area contributed by atoms with Crippen molar-refractivity contribution in [2.45, 2.75) is 13.0 Å². The molecule has 0 aliphatic carbocycles. The van der Waals surface area contributed by atoms with Gasteiger partial charge in [-0.15, -0.1) is 0 Å². The molecule has 0 fully saturated rings. The molecular formula is C21H22N2O. The average Bonchev–Trinajstić information content (AvgIpc) is 2.90. The zero-order valence-corrected chi connectivity index (χ0v) is 13.7. The lowest BCUT2D eigenvalue weighted by Crippen LogP contribution is -2.23. The second kappa shape index (κ2) is 6.93. The summed E-state index contributed by atoms with van der Waals surface area (Å²) in [5.41, 5.74) is 5.16. The number of hydrogen-bond donors (Lipinski definition) is 1. The molecule has 4 rings (SSSR count). The van der Waals surface area contributed by atoms with Gasteiger partial charge >= 0.3 is 0 Å². The van der Waals surface area contributed by atoms with E-state index in [0.717, 1.165) is 38.3 Å². The Morgan fingerprint density at radius 1 is 1.00 bits per heavy atom. The fourth-order valence-corrected chi connectivity index (χ4v) is 3.26. The van der Waals surface area contributed by atoms with Crippen molar-refractivity contribution >= 4 is 0 Å². The van der Waals surface area contributed by atoms with E-state index in [4.69, 9.17) is 4.74 Å². The molecule has 0 radical (unpaired) electrons. The molecule has 0 aromatic heterocycles. The zero-order valence-electron chi connectivity index (χ0n) is 13.7. The Labute approximate surface area is 143 Å². The highest BCUT2D eigenvalue weighted by Gasteiger charge is 2.23. The number of nitrogens with zero attached hydrogens (tertiary/aromatic N) is 1. The van der Waals surface area contributed by atoms with Crippen LogP contribution in [0.1, 0.15) is 11.1 Å². The predicted octanol–water partition coefficient (Wildman–Crippen LogP) is 3.49. The van der Waals surface area contributed by atoms with Crippen molar-refractivity contribution in [3.8, 4) is 5.75 Å². The molecule has 24 heavy (non-hydrogen) atoms. The molecule has 0 saturated heterocycles. The number of benzene rings is 2. The first kappa shape index (κ1) is 15.0. The molecule has 2 aliphatic heterocycles. The number of hydrogen-bond acceptors (Lipinski definition) is 3. The fraction of sp³-hybridized carbons (Fsp3) is 0.238. The van der Waals surface area contributed by atoms with Gasteiger partial charge in [0.05, 0.1) is 5.70 Å². The highest BCUT2D eigenvalue weighted by molar-refractivity contribution is 5.42. The molecule has 122 valence electrons. The van der Waals surface area contributed by atoms with Crippen molar-refractivity contribution < 1.29 is 4.74 Å². The highest BCUT2D eigenvalue weighted by atomic mass is 16.5. The first-order valence-corrected chi connectivity index (χ1v) is 8.54. The van der Waals surface area contributed by atoms with Gasteiger partial charge in [-0.2, -0.15) is 0 Å². The summed E-state index contributed by atoms with van der Waals surface area (Å²) >= 11 is 0. The molecule has 2 aromatic carbocycles. The van der Waals surface area contributed by atoms with Crippen molar-refractivity contribution in [2.75, 3.05) is 19.6 Å². The standard InChI is InChI=1S/C21H22N2O/c1-2-6-17(7-3-1)10-12-22-14-18-11-13-23-15-19-8-4-5-9-21(19)24-16-20(18)23/h1-9,11,16,22H,10,12-15H2. The lowest BCUT2D eigenvalue weighted by Gasteiger charge is -2.19. The minimum atomic E-state index is 0.884. The summed E-state index contributed by atoms with van der Waals surface area (Å²) in [5, 5.41) is 3.56. The van der Waals surface area contributed by atoms with Crippen LogP contribution >= 0.6 is 0 Å². The summed E-state index contributed by atoms with van der Waals surface area (Å²) in [7, 11) is 0. The fourth-order valence-electron chi connectivity index (χ4n) is 3.26. The Bertz CT molecular complexity index is 764. The van der Waals surface area contributed by atoms with Gasteiger partial charge in [0, 0.05) is 25.2 Å². The number of rotatable bonds is 5. The van der Waals surface area contributed by atoms with Crippen LogP contribution in [0.15, 0.2) is 78.2 Å². The summed E-state index contributed by atoms with van der Waals surface area (Å²) in [6.07, 6.45) is 5.26. The van der Waals surface area contributed by atoms with Gasteiger partial charge in [-0.1, -0.05) is 54.6 Å². The second-order valence-corrected chi connectivity index (χ2v) is 6.25. The third kappa shape index (κ3) is 3.22. The molecule has 0 saturated carbocycles. The molecule has 2 heterocycles. The molecule has 0 unspecified atom stereocenters. The van der Waals surface area contributed by atoms with Gasteiger partial charge in [0.1, 0.15) is 12.0 Å². The minimum absolute atomic E-state index is 0.884. The van der Waals surface area contributed by atoms with Crippen LogP contribution in [0.4, 0.5) is 0 Å². The van der Waals surface area contributed by atoms with Crippen molar-refractivity contribution in [1.29, 1.82) is 0 Å². The molecule has 0 spiro atoms. The zero-order chi connectivity index (χ0) is 16.2. The van der Waals surface area contributed by atoms with Gasteiger partial charge in [-0.3, -0.25) is 0 Å². The summed E-state index contributed by atoms with van der Waals surface area (Å²) in [6, 6.07) is 18.9. The number of para-hydroxylation sites is 1. The van der Waals surface area contributed by atoms with Crippen LogP contribution in [0.25, 0.3) is 0 Å². The van der Waals surface area contributed by atoms with E-state index < -0.39 is 0 Å². The van der Waals surface area contributed by atoms with Crippen LogP contribution in [-0.4, -0.2) is 24.5 Å².